The highest BCUT2D eigenvalue weighted by Gasteiger charge is 2.15. The first kappa shape index (κ1) is 15.0. The molecule has 1 N–H and O–H groups in total. The van der Waals surface area contributed by atoms with Crippen molar-refractivity contribution in [2.45, 2.75) is 39.7 Å². The molecule has 0 radical (unpaired) electrons. The van der Waals surface area contributed by atoms with Crippen LogP contribution in [0.15, 0.2) is 36.7 Å². The molecule has 1 heterocycles. The summed E-state index contributed by atoms with van der Waals surface area (Å²) in [4.78, 5) is 3.37. The molecule has 0 bridgehead atoms. The second-order valence-corrected chi connectivity index (χ2v) is 4.37. The number of aryl methyl sites for hydroxylation is 2. The summed E-state index contributed by atoms with van der Waals surface area (Å²) in [5.41, 5.74) is 2.73. The van der Waals surface area contributed by atoms with Gasteiger partial charge in [-0.05, 0) is 24.5 Å². The number of H-pyrrole nitrogens is 1. The van der Waals surface area contributed by atoms with Crippen molar-refractivity contribution in [2.75, 3.05) is 0 Å². The van der Waals surface area contributed by atoms with Crippen molar-refractivity contribution in [2.24, 2.45) is 0 Å². The number of halogens is 1. The smallest absolute Gasteiger partial charge is 0.286 e. The molecular formula is C15H21BrN2. The molecule has 18 heavy (non-hydrogen) atoms. The van der Waals surface area contributed by atoms with Gasteiger partial charge in [0.25, 0.3) is 5.82 Å². The van der Waals surface area contributed by atoms with Crippen LogP contribution >= 0.6 is 0 Å². The fraction of sp³-hybridized carbons (Fsp3) is 0.400. The molecule has 0 aliphatic rings. The highest BCUT2D eigenvalue weighted by molar-refractivity contribution is 5.57. The number of nitrogens with one attached hydrogen (secondary N) is 1. The highest BCUT2D eigenvalue weighted by Crippen LogP contribution is 2.19. The van der Waals surface area contributed by atoms with E-state index in [1.54, 1.807) is 0 Å². The molecule has 2 rings (SSSR count). The lowest BCUT2D eigenvalue weighted by Gasteiger charge is -2.04. The molecule has 1 aromatic heterocycles. The van der Waals surface area contributed by atoms with Crippen molar-refractivity contribution in [3.05, 3.63) is 42.2 Å². The quantitative estimate of drug-likeness (QED) is 0.769. The first-order valence-corrected chi connectivity index (χ1v) is 6.52. The van der Waals surface area contributed by atoms with Gasteiger partial charge in [-0.2, -0.15) is 0 Å². The van der Waals surface area contributed by atoms with Gasteiger partial charge in [-0.15, -0.1) is 0 Å². The maximum absolute atomic E-state index is 3.37. The van der Waals surface area contributed by atoms with Gasteiger partial charge in [0, 0.05) is 0 Å². The van der Waals surface area contributed by atoms with E-state index in [-0.39, 0.29) is 17.0 Å². The molecule has 0 amide bonds. The number of benzene rings is 1. The summed E-state index contributed by atoms with van der Waals surface area (Å²) in [5, 5.41) is 0. The zero-order valence-electron chi connectivity index (χ0n) is 11.1. The van der Waals surface area contributed by atoms with Crippen LogP contribution in [0.25, 0.3) is 11.4 Å². The number of rotatable bonds is 5. The first-order chi connectivity index (χ1) is 8.36. The van der Waals surface area contributed by atoms with Gasteiger partial charge >= 0.3 is 0 Å². The van der Waals surface area contributed by atoms with E-state index in [0.717, 1.165) is 13.0 Å². The van der Waals surface area contributed by atoms with Gasteiger partial charge in [0.1, 0.15) is 12.4 Å². The van der Waals surface area contributed by atoms with Gasteiger partial charge < -0.3 is 17.0 Å². The standard InChI is InChI=1S/C15H20N2.BrH/c1-3-5-11-17-12-10-16-15(17)14-9-7-6-8-13(14)4-2;/h6-10,12H,3-5,11H2,1-2H3;1H. The van der Waals surface area contributed by atoms with Crippen LogP contribution in [0.2, 0.25) is 0 Å². The van der Waals surface area contributed by atoms with Crippen molar-refractivity contribution in [1.82, 2.24) is 4.98 Å². The Labute approximate surface area is 120 Å². The van der Waals surface area contributed by atoms with E-state index < -0.39 is 0 Å². The topological polar surface area (TPSA) is 19.7 Å². The van der Waals surface area contributed by atoms with Crippen LogP contribution in [0.4, 0.5) is 0 Å². The minimum Gasteiger partial charge on any atom is -1.00 e. The summed E-state index contributed by atoms with van der Waals surface area (Å²) in [5.74, 6) is 1.23. The lowest BCUT2D eigenvalue weighted by atomic mass is 10.0. The summed E-state index contributed by atoms with van der Waals surface area (Å²) in [6.45, 7) is 5.53. The van der Waals surface area contributed by atoms with Crippen LogP contribution in [0.5, 0.6) is 0 Å². The number of hydrogen-bond acceptors (Lipinski definition) is 0. The Balaban J connectivity index is 0.00000162. The van der Waals surface area contributed by atoms with E-state index in [1.165, 1.54) is 29.8 Å². The van der Waals surface area contributed by atoms with Crippen LogP contribution in [0.3, 0.4) is 0 Å². The number of aromatic amines is 1. The molecule has 2 nitrogen and oxygen atoms in total. The fourth-order valence-electron chi connectivity index (χ4n) is 2.17. The molecule has 1 aromatic carbocycles. The molecule has 0 spiro atoms. The van der Waals surface area contributed by atoms with E-state index in [1.807, 2.05) is 6.20 Å². The van der Waals surface area contributed by atoms with E-state index in [4.69, 9.17) is 0 Å². The summed E-state index contributed by atoms with van der Waals surface area (Å²) in [6, 6.07) is 8.63. The van der Waals surface area contributed by atoms with Crippen LogP contribution < -0.4 is 21.5 Å². The third-order valence-electron chi connectivity index (χ3n) is 3.17. The van der Waals surface area contributed by atoms with Gasteiger partial charge in [0.05, 0.1) is 12.1 Å². The average Bonchev–Trinajstić information content (AvgIpc) is 2.84. The number of hydrogen-bond donors (Lipinski definition) is 1. The average molecular weight is 309 g/mol. The SMILES string of the molecule is CCCC[n+]1cc[nH]c1-c1ccccc1CC.[Br-]. The van der Waals surface area contributed by atoms with Crippen molar-refractivity contribution in [3.8, 4) is 11.4 Å². The predicted molar refractivity (Wildman–Crippen MR) is 70.7 cm³/mol. The van der Waals surface area contributed by atoms with Gasteiger partial charge in [-0.1, -0.05) is 38.5 Å². The minimum atomic E-state index is 0. The van der Waals surface area contributed by atoms with E-state index in [9.17, 15) is 0 Å². The summed E-state index contributed by atoms with van der Waals surface area (Å²) >= 11 is 0. The maximum atomic E-state index is 3.37. The number of nitrogens with zero attached hydrogens (tertiary/aromatic N) is 1. The third kappa shape index (κ3) is 3.22. The Morgan fingerprint density at radius 1 is 1.17 bits per heavy atom. The van der Waals surface area contributed by atoms with Crippen LogP contribution in [-0.4, -0.2) is 4.98 Å². The minimum absolute atomic E-state index is 0. The Bertz CT molecular complexity index is 477. The maximum Gasteiger partial charge on any atom is 0.286 e. The van der Waals surface area contributed by atoms with Crippen molar-refractivity contribution >= 4 is 0 Å². The van der Waals surface area contributed by atoms with Gasteiger partial charge in [-0.25, -0.2) is 9.55 Å². The monoisotopic (exact) mass is 308 g/mol. The van der Waals surface area contributed by atoms with E-state index in [0.29, 0.717) is 0 Å². The second kappa shape index (κ2) is 7.37. The molecule has 2 aromatic rings. The van der Waals surface area contributed by atoms with Crippen molar-refractivity contribution < 1.29 is 21.5 Å². The van der Waals surface area contributed by atoms with Crippen molar-refractivity contribution in [1.29, 1.82) is 0 Å². The Kier molecular flexibility index (Phi) is 6.13. The zero-order chi connectivity index (χ0) is 12.1. The molecule has 0 saturated carbocycles. The van der Waals surface area contributed by atoms with Gasteiger partial charge in [-0.3, -0.25) is 0 Å². The summed E-state index contributed by atoms with van der Waals surface area (Å²) in [7, 11) is 0. The van der Waals surface area contributed by atoms with Gasteiger partial charge in [0.15, 0.2) is 0 Å². The summed E-state index contributed by atoms with van der Waals surface area (Å²) in [6.07, 6.45) is 7.69. The van der Waals surface area contributed by atoms with E-state index >= 15 is 0 Å². The Morgan fingerprint density at radius 3 is 2.67 bits per heavy atom. The lowest BCUT2D eigenvalue weighted by Crippen LogP contribution is -3.00. The largest absolute Gasteiger partial charge is 1.00 e. The zero-order valence-corrected chi connectivity index (χ0v) is 12.7. The molecule has 0 aliphatic carbocycles. The fourth-order valence-corrected chi connectivity index (χ4v) is 2.17. The second-order valence-electron chi connectivity index (χ2n) is 4.37. The number of unbranched alkanes of at least 4 members (excludes halogenated alkanes) is 1. The predicted octanol–water partition coefficient (Wildman–Crippen LogP) is 0.336. The first-order valence-electron chi connectivity index (χ1n) is 6.52. The molecular weight excluding hydrogens is 288 g/mol. The third-order valence-corrected chi connectivity index (χ3v) is 3.17. The molecule has 0 aliphatic heterocycles. The molecule has 98 valence electrons. The molecule has 0 fully saturated rings. The molecule has 3 heteroatoms. The normalized spacial score (nSPS) is 10.1. The van der Waals surface area contributed by atoms with Crippen LogP contribution in [-0.2, 0) is 13.0 Å². The highest BCUT2D eigenvalue weighted by atomic mass is 79.9. The molecule has 0 saturated heterocycles. The summed E-state index contributed by atoms with van der Waals surface area (Å²) < 4.78 is 2.32. The van der Waals surface area contributed by atoms with Crippen molar-refractivity contribution in [3.63, 3.8) is 0 Å². The Morgan fingerprint density at radius 2 is 1.94 bits per heavy atom. The van der Waals surface area contributed by atoms with Gasteiger partial charge in [0.2, 0.25) is 0 Å². The van der Waals surface area contributed by atoms with Crippen LogP contribution in [0, 0.1) is 0 Å². The molecule has 0 unspecified atom stereocenters. The number of imidazole rings is 1. The molecule has 0 atom stereocenters. The number of aromatic nitrogens is 2. The Hall–Kier alpha value is -1.09. The van der Waals surface area contributed by atoms with Crippen LogP contribution in [0.1, 0.15) is 32.3 Å². The van der Waals surface area contributed by atoms with E-state index in [2.05, 4.69) is 53.9 Å². The lowest BCUT2D eigenvalue weighted by molar-refractivity contribution is -0.685.